The minimum Gasteiger partial charge on any atom is -0.494 e. The van der Waals surface area contributed by atoms with Crippen molar-refractivity contribution in [2.75, 3.05) is 0 Å². The number of rotatable bonds is 2. The predicted octanol–water partition coefficient (Wildman–Crippen LogP) is -0.130. The molecule has 0 unspecified atom stereocenters. The van der Waals surface area contributed by atoms with Gasteiger partial charge >= 0.3 is 5.69 Å². The molecule has 0 fully saturated rings. The molecule has 2 aromatic rings. The van der Waals surface area contributed by atoms with Gasteiger partial charge in [0.25, 0.3) is 5.56 Å². The highest BCUT2D eigenvalue weighted by molar-refractivity contribution is 5.84. The maximum Gasteiger partial charge on any atom is 0.328 e. The maximum absolute atomic E-state index is 11.5. The molecule has 8 heteroatoms. The molecule has 8 nitrogen and oxygen atoms in total. The average molecular weight is 263 g/mol. The second kappa shape index (κ2) is 4.56. The van der Waals surface area contributed by atoms with E-state index in [0.29, 0.717) is 11.4 Å². The Labute approximate surface area is 107 Å². The first-order valence-electron chi connectivity index (χ1n) is 5.50. The van der Waals surface area contributed by atoms with Crippen LogP contribution in [0.2, 0.25) is 0 Å². The number of hydrogen-bond donors (Lipinski definition) is 3. The van der Waals surface area contributed by atoms with Crippen molar-refractivity contribution in [3.8, 4) is 5.88 Å². The van der Waals surface area contributed by atoms with E-state index in [4.69, 9.17) is 0 Å². The summed E-state index contributed by atoms with van der Waals surface area (Å²) in [4.78, 5) is 30.7. The molecule has 0 spiro atoms. The van der Waals surface area contributed by atoms with E-state index in [2.05, 4.69) is 15.1 Å². The van der Waals surface area contributed by atoms with Crippen molar-refractivity contribution >= 4 is 11.9 Å². The zero-order chi connectivity index (χ0) is 14.2. The van der Waals surface area contributed by atoms with Gasteiger partial charge in [-0.3, -0.25) is 24.4 Å². The molecule has 0 aliphatic heterocycles. The standard InChI is InChI=1S/C11H13N5O3/c1-5-8(6(2)16(3)15-5)12-4-7-9(17)13-11(19)14-10(7)18/h4H,1-3H3,(H3,13,14,17,18,19). The SMILES string of the molecule is Cc1nn(C)c(C)c1N=Cc1c(O)[nH]c(=O)[nH]c1=O. The third kappa shape index (κ3) is 2.32. The lowest BCUT2D eigenvalue weighted by atomic mass is 10.3. The number of hydrogen-bond acceptors (Lipinski definition) is 5. The van der Waals surface area contributed by atoms with Gasteiger partial charge in [0.1, 0.15) is 11.3 Å². The first-order chi connectivity index (χ1) is 8.90. The van der Waals surface area contributed by atoms with Crippen molar-refractivity contribution in [2.24, 2.45) is 12.0 Å². The summed E-state index contributed by atoms with van der Waals surface area (Å²) in [5.41, 5.74) is 0.568. The average Bonchev–Trinajstić information content (AvgIpc) is 2.53. The van der Waals surface area contributed by atoms with Crippen LogP contribution in [0.15, 0.2) is 14.6 Å². The molecule has 2 aromatic heterocycles. The number of nitrogens with zero attached hydrogens (tertiary/aromatic N) is 3. The zero-order valence-electron chi connectivity index (χ0n) is 10.7. The largest absolute Gasteiger partial charge is 0.494 e. The fraction of sp³-hybridized carbons (Fsp3) is 0.273. The molecule has 3 N–H and O–H groups in total. The number of aromatic hydroxyl groups is 1. The minimum atomic E-state index is -0.770. The van der Waals surface area contributed by atoms with E-state index >= 15 is 0 Å². The van der Waals surface area contributed by atoms with Crippen LogP contribution in [0.25, 0.3) is 0 Å². The Kier molecular flexibility index (Phi) is 3.07. The Balaban J connectivity index is 2.50. The molecule has 2 rings (SSSR count). The van der Waals surface area contributed by atoms with E-state index in [1.54, 1.807) is 18.7 Å². The number of aryl methyl sites for hydroxylation is 2. The summed E-state index contributed by atoms with van der Waals surface area (Å²) >= 11 is 0. The van der Waals surface area contributed by atoms with Crippen LogP contribution in [0.4, 0.5) is 5.69 Å². The molecule has 0 amide bonds. The molecular formula is C11H13N5O3. The van der Waals surface area contributed by atoms with Gasteiger partial charge in [-0.2, -0.15) is 5.10 Å². The summed E-state index contributed by atoms with van der Waals surface area (Å²) in [6.07, 6.45) is 1.20. The normalized spacial score (nSPS) is 11.3. The number of nitrogens with one attached hydrogen (secondary N) is 2. The molecular weight excluding hydrogens is 250 g/mol. The van der Waals surface area contributed by atoms with Crippen molar-refractivity contribution in [1.29, 1.82) is 0 Å². The van der Waals surface area contributed by atoms with Gasteiger partial charge in [0.05, 0.1) is 11.4 Å². The van der Waals surface area contributed by atoms with Crippen molar-refractivity contribution in [3.05, 3.63) is 37.8 Å². The van der Waals surface area contributed by atoms with E-state index in [1.807, 2.05) is 11.9 Å². The second-order valence-electron chi connectivity index (χ2n) is 4.07. The van der Waals surface area contributed by atoms with Crippen LogP contribution in [0, 0.1) is 13.8 Å². The van der Waals surface area contributed by atoms with Gasteiger partial charge in [-0.05, 0) is 13.8 Å². The molecule has 0 radical (unpaired) electrons. The third-order valence-corrected chi connectivity index (χ3v) is 2.75. The van der Waals surface area contributed by atoms with E-state index < -0.39 is 17.1 Å². The molecule has 0 aromatic carbocycles. The first kappa shape index (κ1) is 12.8. The van der Waals surface area contributed by atoms with E-state index in [-0.39, 0.29) is 5.56 Å². The Morgan fingerprint density at radius 1 is 1.32 bits per heavy atom. The third-order valence-electron chi connectivity index (χ3n) is 2.75. The quantitative estimate of drug-likeness (QED) is 0.654. The Morgan fingerprint density at radius 2 is 2.00 bits per heavy atom. The monoisotopic (exact) mass is 263 g/mol. The number of H-pyrrole nitrogens is 2. The minimum absolute atomic E-state index is 0.109. The highest BCUT2D eigenvalue weighted by atomic mass is 16.3. The summed E-state index contributed by atoms with van der Waals surface area (Å²) in [7, 11) is 1.78. The predicted molar refractivity (Wildman–Crippen MR) is 69.3 cm³/mol. The van der Waals surface area contributed by atoms with Gasteiger partial charge in [0.2, 0.25) is 5.88 Å². The summed E-state index contributed by atoms with van der Waals surface area (Å²) in [6.45, 7) is 3.63. The maximum atomic E-state index is 11.5. The number of aromatic nitrogens is 4. The van der Waals surface area contributed by atoms with Gasteiger partial charge in [-0.15, -0.1) is 0 Å². The molecule has 0 aliphatic carbocycles. The molecule has 0 atom stereocenters. The van der Waals surface area contributed by atoms with Crippen LogP contribution in [-0.2, 0) is 7.05 Å². The second-order valence-corrected chi connectivity index (χ2v) is 4.07. The molecule has 19 heavy (non-hydrogen) atoms. The van der Waals surface area contributed by atoms with Crippen LogP contribution < -0.4 is 11.2 Å². The molecule has 0 bridgehead atoms. The van der Waals surface area contributed by atoms with Crippen LogP contribution >= 0.6 is 0 Å². The van der Waals surface area contributed by atoms with Gasteiger partial charge in [-0.25, -0.2) is 4.79 Å². The van der Waals surface area contributed by atoms with Crippen molar-refractivity contribution in [3.63, 3.8) is 0 Å². The number of aliphatic imine (C=N–C) groups is 1. The zero-order valence-corrected chi connectivity index (χ0v) is 10.7. The van der Waals surface area contributed by atoms with Crippen molar-refractivity contribution in [2.45, 2.75) is 13.8 Å². The summed E-state index contributed by atoms with van der Waals surface area (Å²) < 4.78 is 1.67. The van der Waals surface area contributed by atoms with Crippen LogP contribution in [0.5, 0.6) is 5.88 Å². The van der Waals surface area contributed by atoms with E-state index in [1.165, 1.54) is 6.21 Å². The Bertz CT molecular complexity index is 766. The lowest BCUT2D eigenvalue weighted by molar-refractivity contribution is 0.447. The van der Waals surface area contributed by atoms with Crippen LogP contribution in [0.1, 0.15) is 17.0 Å². The van der Waals surface area contributed by atoms with Crippen LogP contribution in [0.3, 0.4) is 0 Å². The topological polar surface area (TPSA) is 116 Å². The Hall–Kier alpha value is -2.64. The molecule has 100 valence electrons. The fourth-order valence-electron chi connectivity index (χ4n) is 1.68. The molecule has 0 aliphatic rings. The lowest BCUT2D eigenvalue weighted by Gasteiger charge is -1.97. The number of aromatic amines is 2. The lowest BCUT2D eigenvalue weighted by Crippen LogP contribution is -2.24. The summed E-state index contributed by atoms with van der Waals surface area (Å²) in [5, 5.41) is 13.7. The van der Waals surface area contributed by atoms with Gasteiger partial charge < -0.3 is 5.11 Å². The molecule has 0 saturated carbocycles. The molecule has 2 heterocycles. The van der Waals surface area contributed by atoms with E-state index in [0.717, 1.165) is 5.69 Å². The highest BCUT2D eigenvalue weighted by Gasteiger charge is 2.09. The highest BCUT2D eigenvalue weighted by Crippen LogP contribution is 2.21. The fourth-order valence-corrected chi connectivity index (χ4v) is 1.68. The van der Waals surface area contributed by atoms with Gasteiger partial charge in [0, 0.05) is 13.3 Å². The van der Waals surface area contributed by atoms with Gasteiger partial charge in [-0.1, -0.05) is 0 Å². The summed E-state index contributed by atoms with van der Waals surface area (Å²) in [6, 6.07) is 0. The van der Waals surface area contributed by atoms with Crippen LogP contribution in [-0.4, -0.2) is 31.1 Å². The first-order valence-corrected chi connectivity index (χ1v) is 5.50. The van der Waals surface area contributed by atoms with E-state index in [9.17, 15) is 14.7 Å². The Morgan fingerprint density at radius 3 is 2.53 bits per heavy atom. The van der Waals surface area contributed by atoms with Crippen molar-refractivity contribution < 1.29 is 5.11 Å². The summed E-state index contributed by atoms with van der Waals surface area (Å²) in [5.74, 6) is -0.517. The smallest absolute Gasteiger partial charge is 0.328 e. The molecule has 0 saturated heterocycles. The van der Waals surface area contributed by atoms with Gasteiger partial charge in [0.15, 0.2) is 0 Å². The van der Waals surface area contributed by atoms with Crippen molar-refractivity contribution in [1.82, 2.24) is 19.7 Å².